The summed E-state index contributed by atoms with van der Waals surface area (Å²) in [6.07, 6.45) is 0. The monoisotopic (exact) mass is 252 g/mol. The van der Waals surface area contributed by atoms with Gasteiger partial charge in [-0.3, -0.25) is 9.59 Å². The summed E-state index contributed by atoms with van der Waals surface area (Å²) in [5, 5.41) is 17.6. The molecule has 1 aliphatic rings. The normalized spacial score (nSPS) is 17.5. The van der Waals surface area contributed by atoms with Crippen LogP contribution in [-0.2, 0) is 4.79 Å². The molecule has 1 aliphatic heterocycles. The summed E-state index contributed by atoms with van der Waals surface area (Å²) < 4.78 is 26.5. The van der Waals surface area contributed by atoms with Crippen LogP contribution in [0.4, 0.5) is 8.78 Å². The number of hydrogen-bond acceptors (Lipinski definition) is 3. The minimum Gasteiger partial charge on any atom is -0.480 e. The van der Waals surface area contributed by atoms with Gasteiger partial charge in [-0.2, -0.15) is 5.26 Å². The smallest absolute Gasteiger partial charge is 0.323 e. The number of carbonyl (C=O) groups is 2. The lowest BCUT2D eigenvalue weighted by atomic mass is 10.0. The first-order valence-corrected chi connectivity index (χ1v) is 4.87. The lowest BCUT2D eigenvalue weighted by Gasteiger charge is -2.16. The van der Waals surface area contributed by atoms with Gasteiger partial charge in [0.25, 0.3) is 5.91 Å². The molecule has 1 unspecified atom stereocenters. The van der Waals surface area contributed by atoms with Crippen molar-refractivity contribution in [3.05, 3.63) is 34.9 Å². The number of carboxylic acid groups (broad SMARTS) is 1. The van der Waals surface area contributed by atoms with E-state index in [9.17, 15) is 18.4 Å². The molecule has 92 valence electrons. The number of nitrogens with zero attached hydrogens (tertiary/aromatic N) is 2. The molecular formula is C11H6F2N2O3. The van der Waals surface area contributed by atoms with E-state index in [4.69, 9.17) is 10.4 Å². The van der Waals surface area contributed by atoms with E-state index in [0.717, 1.165) is 6.07 Å². The van der Waals surface area contributed by atoms with Crippen LogP contribution in [0.1, 0.15) is 22.0 Å². The van der Waals surface area contributed by atoms with Crippen LogP contribution in [0.25, 0.3) is 0 Å². The van der Waals surface area contributed by atoms with E-state index in [1.807, 2.05) is 0 Å². The number of aliphatic carboxylic acids is 1. The predicted octanol–water partition coefficient (Wildman–Crippen LogP) is 1.07. The van der Waals surface area contributed by atoms with Crippen LogP contribution < -0.4 is 0 Å². The zero-order chi connectivity index (χ0) is 13.4. The molecule has 1 aromatic carbocycles. The van der Waals surface area contributed by atoms with Gasteiger partial charge in [0.05, 0.1) is 11.6 Å². The molecule has 0 radical (unpaired) electrons. The number of hydrogen-bond donors (Lipinski definition) is 1. The summed E-state index contributed by atoms with van der Waals surface area (Å²) in [5.74, 6) is -4.27. The van der Waals surface area contributed by atoms with E-state index in [2.05, 4.69) is 0 Å². The highest BCUT2D eigenvalue weighted by molar-refractivity contribution is 6.01. The summed E-state index contributed by atoms with van der Waals surface area (Å²) in [6.45, 7) is -0.743. The van der Waals surface area contributed by atoms with Crippen molar-refractivity contribution < 1.29 is 23.5 Å². The van der Waals surface area contributed by atoms with Gasteiger partial charge in [-0.15, -0.1) is 0 Å². The van der Waals surface area contributed by atoms with Crippen LogP contribution >= 0.6 is 0 Å². The summed E-state index contributed by atoms with van der Waals surface area (Å²) >= 11 is 0. The van der Waals surface area contributed by atoms with Crippen LogP contribution in [0.5, 0.6) is 0 Å². The first-order valence-electron chi connectivity index (χ1n) is 4.87. The van der Waals surface area contributed by atoms with Crippen LogP contribution in [0.15, 0.2) is 12.1 Å². The van der Waals surface area contributed by atoms with E-state index < -0.39 is 41.7 Å². The van der Waals surface area contributed by atoms with Gasteiger partial charge in [0.1, 0.15) is 24.2 Å². The van der Waals surface area contributed by atoms with Crippen molar-refractivity contribution in [2.45, 2.75) is 6.04 Å². The highest BCUT2D eigenvalue weighted by Gasteiger charge is 2.40. The number of nitriles is 1. The maximum Gasteiger partial charge on any atom is 0.323 e. The molecule has 1 amide bonds. The minimum absolute atomic E-state index is 0.138. The second kappa shape index (κ2) is 4.07. The fourth-order valence-corrected chi connectivity index (χ4v) is 1.91. The van der Waals surface area contributed by atoms with E-state index in [1.54, 1.807) is 6.07 Å². The van der Waals surface area contributed by atoms with E-state index in [1.165, 1.54) is 0 Å². The Morgan fingerprint density at radius 1 is 1.50 bits per heavy atom. The molecule has 0 aliphatic carbocycles. The third-order valence-electron chi connectivity index (χ3n) is 2.59. The highest BCUT2D eigenvalue weighted by Crippen LogP contribution is 2.34. The van der Waals surface area contributed by atoms with Crippen molar-refractivity contribution in [1.82, 2.24) is 4.90 Å². The fraction of sp³-hybridized carbons (Fsp3) is 0.182. The zero-order valence-electron chi connectivity index (χ0n) is 8.85. The predicted molar refractivity (Wildman–Crippen MR) is 53.4 cm³/mol. The quantitative estimate of drug-likeness (QED) is 0.853. The van der Waals surface area contributed by atoms with E-state index >= 15 is 0 Å². The standard InChI is InChI=1S/C11H6F2N2O3/c12-5-1-6-8(3-14)15(4-9(16)17)11(18)10(6)7(13)2-5/h1-2,8H,4H2,(H,16,17). The lowest BCUT2D eigenvalue weighted by Crippen LogP contribution is -2.32. The maximum absolute atomic E-state index is 13.5. The average Bonchev–Trinajstić information content (AvgIpc) is 2.51. The first-order chi connectivity index (χ1) is 8.45. The molecule has 0 fully saturated rings. The molecular weight excluding hydrogens is 246 g/mol. The third-order valence-corrected chi connectivity index (χ3v) is 2.59. The van der Waals surface area contributed by atoms with Crippen LogP contribution in [0, 0.1) is 23.0 Å². The number of fused-ring (bicyclic) bond motifs is 1. The molecule has 18 heavy (non-hydrogen) atoms. The molecule has 0 saturated carbocycles. The maximum atomic E-state index is 13.5. The second-order valence-corrected chi connectivity index (χ2v) is 3.71. The molecule has 5 nitrogen and oxygen atoms in total. The van der Waals surface area contributed by atoms with Gasteiger partial charge in [-0.1, -0.05) is 0 Å². The SMILES string of the molecule is N#CC1c2cc(F)cc(F)c2C(=O)N1CC(=O)O. The summed E-state index contributed by atoms with van der Waals surface area (Å²) in [6, 6.07) is 1.78. The van der Waals surface area contributed by atoms with E-state index in [-0.39, 0.29) is 5.56 Å². The molecule has 2 rings (SSSR count). The Bertz CT molecular complexity index is 595. The van der Waals surface area contributed by atoms with Crippen molar-refractivity contribution >= 4 is 11.9 Å². The molecule has 1 N–H and O–H groups in total. The van der Waals surface area contributed by atoms with Crippen molar-refractivity contribution in [2.75, 3.05) is 6.54 Å². The molecule has 1 heterocycles. The topological polar surface area (TPSA) is 81.4 Å². The Morgan fingerprint density at radius 3 is 2.72 bits per heavy atom. The number of carbonyl (C=O) groups excluding carboxylic acids is 1. The van der Waals surface area contributed by atoms with Crippen LogP contribution in [0.3, 0.4) is 0 Å². The van der Waals surface area contributed by atoms with Crippen molar-refractivity contribution in [1.29, 1.82) is 5.26 Å². The number of halogens is 2. The Labute approximate surface area is 99.9 Å². The Hall–Kier alpha value is -2.49. The fourth-order valence-electron chi connectivity index (χ4n) is 1.91. The third kappa shape index (κ3) is 1.68. The van der Waals surface area contributed by atoms with Gasteiger partial charge in [0.15, 0.2) is 0 Å². The molecule has 0 bridgehead atoms. The van der Waals surface area contributed by atoms with Crippen molar-refractivity contribution in [3.8, 4) is 6.07 Å². The first kappa shape index (κ1) is 12.0. The highest BCUT2D eigenvalue weighted by atomic mass is 19.1. The number of rotatable bonds is 2. The van der Waals surface area contributed by atoms with Gasteiger partial charge in [-0.05, 0) is 6.07 Å². The Balaban J connectivity index is 2.56. The van der Waals surface area contributed by atoms with Gasteiger partial charge < -0.3 is 10.0 Å². The molecule has 0 saturated heterocycles. The number of amides is 1. The van der Waals surface area contributed by atoms with Crippen LogP contribution in [-0.4, -0.2) is 28.4 Å². The lowest BCUT2D eigenvalue weighted by molar-refractivity contribution is -0.137. The molecule has 1 atom stereocenters. The zero-order valence-corrected chi connectivity index (χ0v) is 8.85. The van der Waals surface area contributed by atoms with E-state index in [0.29, 0.717) is 11.0 Å². The van der Waals surface area contributed by atoms with Crippen molar-refractivity contribution in [2.24, 2.45) is 0 Å². The van der Waals surface area contributed by atoms with Gasteiger partial charge in [0, 0.05) is 11.6 Å². The molecule has 1 aromatic rings. The average molecular weight is 252 g/mol. The molecule has 0 spiro atoms. The Kier molecular flexibility index (Phi) is 2.71. The van der Waals surface area contributed by atoms with Gasteiger partial charge in [0.2, 0.25) is 0 Å². The summed E-state index contributed by atoms with van der Waals surface area (Å²) in [5.41, 5.74) is -0.578. The Morgan fingerprint density at radius 2 is 2.17 bits per heavy atom. The summed E-state index contributed by atoms with van der Waals surface area (Å²) in [7, 11) is 0. The van der Waals surface area contributed by atoms with Gasteiger partial charge in [-0.25, -0.2) is 8.78 Å². The number of carboxylic acids is 1. The molecule has 7 heteroatoms. The van der Waals surface area contributed by atoms with Gasteiger partial charge >= 0.3 is 5.97 Å². The molecule has 0 aromatic heterocycles. The van der Waals surface area contributed by atoms with Crippen LogP contribution in [0.2, 0.25) is 0 Å². The minimum atomic E-state index is -1.34. The largest absolute Gasteiger partial charge is 0.480 e. The second-order valence-electron chi connectivity index (χ2n) is 3.71. The number of benzene rings is 1. The van der Waals surface area contributed by atoms with Crippen molar-refractivity contribution in [3.63, 3.8) is 0 Å². The summed E-state index contributed by atoms with van der Waals surface area (Å²) in [4.78, 5) is 23.1.